The molecule has 0 radical (unpaired) electrons. The van der Waals surface area contributed by atoms with Gasteiger partial charge in [0.05, 0.1) is 6.61 Å². The van der Waals surface area contributed by atoms with Gasteiger partial charge < -0.3 is 10.5 Å². The van der Waals surface area contributed by atoms with E-state index in [4.69, 9.17) is 10.5 Å². The Kier molecular flexibility index (Phi) is 1.77. The number of aryl methyl sites for hydroxylation is 1. The zero-order chi connectivity index (χ0) is 9.54. The number of hydrogen-bond acceptors (Lipinski definition) is 2. The van der Waals surface area contributed by atoms with Gasteiger partial charge >= 0.3 is 0 Å². The van der Waals surface area contributed by atoms with Crippen molar-refractivity contribution < 1.29 is 4.74 Å². The largest absolute Gasteiger partial charge is 0.493 e. The monoisotopic (exact) mass is 189 g/mol. The first-order chi connectivity index (χ1) is 6.86. The molecule has 0 saturated heterocycles. The van der Waals surface area contributed by atoms with E-state index < -0.39 is 0 Å². The molecule has 0 spiro atoms. The number of nitrogens with two attached hydrogens (primary N) is 1. The van der Waals surface area contributed by atoms with Crippen LogP contribution < -0.4 is 10.5 Å². The van der Waals surface area contributed by atoms with Gasteiger partial charge in [0.25, 0.3) is 0 Å². The van der Waals surface area contributed by atoms with Crippen LogP contribution in [0.1, 0.15) is 35.6 Å². The van der Waals surface area contributed by atoms with E-state index in [1.807, 2.05) is 0 Å². The van der Waals surface area contributed by atoms with E-state index >= 15 is 0 Å². The molecular weight excluding hydrogens is 174 g/mol. The van der Waals surface area contributed by atoms with Crippen LogP contribution in [0.15, 0.2) is 12.1 Å². The maximum Gasteiger partial charge on any atom is 0.127 e. The summed E-state index contributed by atoms with van der Waals surface area (Å²) >= 11 is 0. The second-order valence-electron chi connectivity index (χ2n) is 4.22. The van der Waals surface area contributed by atoms with Gasteiger partial charge in [-0.25, -0.2) is 0 Å². The molecule has 1 aromatic rings. The van der Waals surface area contributed by atoms with Crippen molar-refractivity contribution in [2.45, 2.75) is 31.7 Å². The normalized spacial score (nSPS) is 23.9. The molecule has 0 aromatic heterocycles. The van der Waals surface area contributed by atoms with Gasteiger partial charge in [0.1, 0.15) is 5.75 Å². The number of rotatable bonds is 0. The Balaban J connectivity index is 2.19. The molecule has 74 valence electrons. The molecule has 0 amide bonds. The Morgan fingerprint density at radius 2 is 2.07 bits per heavy atom. The van der Waals surface area contributed by atoms with Gasteiger partial charge in [0.2, 0.25) is 0 Å². The number of hydrogen-bond donors (Lipinski definition) is 1. The van der Waals surface area contributed by atoms with Crippen LogP contribution in [0.5, 0.6) is 5.75 Å². The Morgan fingerprint density at radius 1 is 1.21 bits per heavy atom. The average Bonchev–Trinajstić information content (AvgIpc) is 2.65. The summed E-state index contributed by atoms with van der Waals surface area (Å²) in [6, 6.07) is 4.65. The standard InChI is InChI=1S/C12H15NO/c13-10-3-1-2-8-4-5-9-6-7-14-12(9)11(8)10/h4-5,10H,1-3,6-7,13H2/t10-/m1/s1. The zero-order valence-corrected chi connectivity index (χ0v) is 8.25. The van der Waals surface area contributed by atoms with Gasteiger partial charge in [0.15, 0.2) is 0 Å². The minimum atomic E-state index is 0.201. The fourth-order valence-electron chi connectivity index (χ4n) is 2.60. The summed E-state index contributed by atoms with van der Waals surface area (Å²) in [7, 11) is 0. The first kappa shape index (κ1) is 8.30. The quantitative estimate of drug-likeness (QED) is 0.677. The Labute approximate surface area is 84.1 Å². The minimum absolute atomic E-state index is 0.201. The molecule has 2 heteroatoms. The lowest BCUT2D eigenvalue weighted by atomic mass is 9.86. The highest BCUT2D eigenvalue weighted by Gasteiger charge is 2.25. The summed E-state index contributed by atoms with van der Waals surface area (Å²) in [5.41, 5.74) is 10.2. The molecular formula is C12H15NO. The molecule has 1 atom stereocenters. The molecule has 1 aliphatic carbocycles. The second kappa shape index (κ2) is 2.99. The zero-order valence-electron chi connectivity index (χ0n) is 8.25. The Morgan fingerprint density at radius 3 is 3.00 bits per heavy atom. The van der Waals surface area contributed by atoms with Crippen molar-refractivity contribution in [1.82, 2.24) is 0 Å². The van der Waals surface area contributed by atoms with E-state index in [0.717, 1.165) is 25.2 Å². The van der Waals surface area contributed by atoms with Crippen LogP contribution in [0.4, 0.5) is 0 Å². The summed E-state index contributed by atoms with van der Waals surface area (Å²) in [6.07, 6.45) is 4.54. The SMILES string of the molecule is N[C@@H]1CCCc2ccc3c(c21)OCC3. The van der Waals surface area contributed by atoms with Crippen LogP contribution in [0.3, 0.4) is 0 Å². The lowest BCUT2D eigenvalue weighted by Crippen LogP contribution is -2.18. The Bertz CT molecular complexity index is 373. The summed E-state index contributed by atoms with van der Waals surface area (Å²) in [5, 5.41) is 0. The van der Waals surface area contributed by atoms with Crippen LogP contribution in [0, 0.1) is 0 Å². The van der Waals surface area contributed by atoms with E-state index in [1.165, 1.54) is 29.5 Å². The molecule has 0 saturated carbocycles. The van der Waals surface area contributed by atoms with Crippen molar-refractivity contribution in [3.63, 3.8) is 0 Å². The highest BCUT2D eigenvalue weighted by molar-refractivity contribution is 5.51. The summed E-state index contributed by atoms with van der Waals surface area (Å²) in [5.74, 6) is 1.11. The molecule has 2 nitrogen and oxygen atoms in total. The van der Waals surface area contributed by atoms with Crippen LogP contribution in [-0.2, 0) is 12.8 Å². The average molecular weight is 189 g/mol. The third kappa shape index (κ3) is 1.07. The molecule has 0 fully saturated rings. The van der Waals surface area contributed by atoms with E-state index in [1.54, 1.807) is 0 Å². The number of ether oxygens (including phenoxy) is 1. The van der Waals surface area contributed by atoms with Crippen LogP contribution in [0.25, 0.3) is 0 Å². The molecule has 1 heterocycles. The maximum atomic E-state index is 6.14. The third-order valence-corrected chi connectivity index (χ3v) is 3.32. The molecule has 2 aliphatic rings. The fourth-order valence-corrected chi connectivity index (χ4v) is 2.60. The van der Waals surface area contributed by atoms with Crippen LogP contribution in [0.2, 0.25) is 0 Å². The van der Waals surface area contributed by atoms with Crippen molar-refractivity contribution in [3.8, 4) is 5.75 Å². The smallest absolute Gasteiger partial charge is 0.127 e. The van der Waals surface area contributed by atoms with E-state index in [9.17, 15) is 0 Å². The predicted molar refractivity (Wildman–Crippen MR) is 55.5 cm³/mol. The van der Waals surface area contributed by atoms with Crippen molar-refractivity contribution in [1.29, 1.82) is 0 Å². The third-order valence-electron chi connectivity index (χ3n) is 3.32. The van der Waals surface area contributed by atoms with E-state index in [-0.39, 0.29) is 6.04 Å². The minimum Gasteiger partial charge on any atom is -0.493 e. The van der Waals surface area contributed by atoms with Gasteiger partial charge in [-0.1, -0.05) is 12.1 Å². The highest BCUT2D eigenvalue weighted by Crippen LogP contribution is 2.39. The van der Waals surface area contributed by atoms with Crippen LogP contribution in [-0.4, -0.2) is 6.61 Å². The Hall–Kier alpha value is -1.02. The first-order valence-corrected chi connectivity index (χ1v) is 5.39. The van der Waals surface area contributed by atoms with Gasteiger partial charge in [-0.2, -0.15) is 0 Å². The number of fused-ring (bicyclic) bond motifs is 3. The maximum absolute atomic E-state index is 6.14. The molecule has 0 bridgehead atoms. The first-order valence-electron chi connectivity index (χ1n) is 5.39. The van der Waals surface area contributed by atoms with Gasteiger partial charge in [-0.15, -0.1) is 0 Å². The van der Waals surface area contributed by atoms with Crippen molar-refractivity contribution in [3.05, 3.63) is 28.8 Å². The van der Waals surface area contributed by atoms with Crippen molar-refractivity contribution in [2.75, 3.05) is 6.61 Å². The van der Waals surface area contributed by atoms with Gasteiger partial charge in [0, 0.05) is 18.0 Å². The molecule has 2 N–H and O–H groups in total. The lowest BCUT2D eigenvalue weighted by Gasteiger charge is -2.24. The topological polar surface area (TPSA) is 35.2 Å². The molecule has 3 rings (SSSR count). The van der Waals surface area contributed by atoms with Crippen molar-refractivity contribution in [2.24, 2.45) is 5.73 Å². The van der Waals surface area contributed by atoms with Crippen LogP contribution >= 0.6 is 0 Å². The second-order valence-corrected chi connectivity index (χ2v) is 4.22. The van der Waals surface area contributed by atoms with E-state index in [0.29, 0.717) is 0 Å². The summed E-state index contributed by atoms with van der Waals surface area (Å²) in [4.78, 5) is 0. The fraction of sp³-hybridized carbons (Fsp3) is 0.500. The lowest BCUT2D eigenvalue weighted by molar-refractivity contribution is 0.348. The van der Waals surface area contributed by atoms with E-state index in [2.05, 4.69) is 12.1 Å². The summed E-state index contributed by atoms with van der Waals surface area (Å²) < 4.78 is 5.69. The molecule has 14 heavy (non-hydrogen) atoms. The molecule has 0 unspecified atom stereocenters. The predicted octanol–water partition coefficient (Wildman–Crippen LogP) is 1.96. The highest BCUT2D eigenvalue weighted by atomic mass is 16.5. The van der Waals surface area contributed by atoms with Crippen molar-refractivity contribution >= 4 is 0 Å². The van der Waals surface area contributed by atoms with Gasteiger partial charge in [-0.3, -0.25) is 0 Å². The molecule has 1 aliphatic heterocycles. The molecule has 1 aromatic carbocycles. The van der Waals surface area contributed by atoms with Gasteiger partial charge in [-0.05, 0) is 30.4 Å². The summed E-state index contributed by atoms with van der Waals surface area (Å²) in [6.45, 7) is 0.832. The number of benzene rings is 1.